The number of Topliss-reactive ketones (excluding diaryl/α,β-unsaturated/α-hetero) is 1. The fourth-order valence-electron chi connectivity index (χ4n) is 3.35. The van der Waals surface area contributed by atoms with Crippen LogP contribution in [0.2, 0.25) is 0 Å². The molecule has 0 aromatic rings. The Labute approximate surface area is 72.8 Å². The molecule has 0 aliphatic heterocycles. The zero-order chi connectivity index (χ0) is 8.34. The van der Waals surface area contributed by atoms with Crippen LogP contribution in [-0.4, -0.2) is 5.78 Å². The number of rotatable bonds is 0. The molecule has 2 atom stereocenters. The Hall–Kier alpha value is -0.590. The van der Waals surface area contributed by atoms with Crippen LogP contribution in [-0.2, 0) is 4.79 Å². The van der Waals surface area contributed by atoms with Crippen LogP contribution in [0.5, 0.6) is 0 Å². The Kier molecular flexibility index (Phi) is 1.05. The fourth-order valence-corrected chi connectivity index (χ4v) is 3.35. The first-order valence-electron chi connectivity index (χ1n) is 4.97. The van der Waals surface area contributed by atoms with Gasteiger partial charge in [0.05, 0.1) is 0 Å². The molecule has 64 valence electrons. The van der Waals surface area contributed by atoms with Crippen LogP contribution < -0.4 is 0 Å². The second-order valence-electron chi connectivity index (χ2n) is 4.57. The van der Waals surface area contributed by atoms with Crippen molar-refractivity contribution in [1.82, 2.24) is 0 Å². The summed E-state index contributed by atoms with van der Waals surface area (Å²) in [4.78, 5) is 11.8. The monoisotopic (exact) mass is 162 g/mol. The van der Waals surface area contributed by atoms with E-state index in [-0.39, 0.29) is 5.41 Å². The van der Waals surface area contributed by atoms with Crippen LogP contribution >= 0.6 is 0 Å². The lowest BCUT2D eigenvalue weighted by Gasteiger charge is -2.22. The lowest BCUT2D eigenvalue weighted by molar-refractivity contribution is -0.126. The number of hydrogen-bond acceptors (Lipinski definition) is 1. The molecule has 3 aliphatic rings. The average Bonchev–Trinajstić information content (AvgIpc) is 2.69. The Bertz CT molecular complexity index is 283. The lowest BCUT2D eigenvalue weighted by atomic mass is 9.81. The predicted octanol–water partition coefficient (Wildman–Crippen LogP) is 2.32. The number of hydrogen-bond donors (Lipinski definition) is 0. The van der Waals surface area contributed by atoms with Crippen molar-refractivity contribution in [1.29, 1.82) is 0 Å². The third-order valence-electron chi connectivity index (χ3n) is 4.14. The van der Waals surface area contributed by atoms with E-state index < -0.39 is 0 Å². The minimum Gasteiger partial charge on any atom is -0.299 e. The van der Waals surface area contributed by atoms with E-state index in [0.29, 0.717) is 17.6 Å². The highest BCUT2D eigenvalue weighted by Crippen LogP contribution is 2.67. The van der Waals surface area contributed by atoms with Gasteiger partial charge in [-0.3, -0.25) is 4.79 Å². The van der Waals surface area contributed by atoms with E-state index in [2.05, 4.69) is 13.0 Å². The summed E-state index contributed by atoms with van der Waals surface area (Å²) in [6, 6.07) is 0. The first-order valence-corrected chi connectivity index (χ1v) is 4.97. The van der Waals surface area contributed by atoms with Gasteiger partial charge in [-0.25, -0.2) is 0 Å². The van der Waals surface area contributed by atoms with Crippen LogP contribution in [0.25, 0.3) is 0 Å². The maximum Gasteiger partial charge on any atom is 0.143 e. The van der Waals surface area contributed by atoms with E-state index >= 15 is 0 Å². The van der Waals surface area contributed by atoms with Crippen molar-refractivity contribution in [2.24, 2.45) is 17.3 Å². The number of carbonyl (C=O) groups is 1. The van der Waals surface area contributed by atoms with Crippen molar-refractivity contribution >= 4 is 5.78 Å². The minimum absolute atomic E-state index is 0.185. The second kappa shape index (κ2) is 1.84. The summed E-state index contributed by atoms with van der Waals surface area (Å²) in [5.74, 6) is 1.70. The third-order valence-corrected chi connectivity index (χ3v) is 4.14. The molecule has 2 bridgehead atoms. The minimum atomic E-state index is 0.185. The van der Waals surface area contributed by atoms with Gasteiger partial charge in [-0.1, -0.05) is 11.6 Å². The van der Waals surface area contributed by atoms with Crippen LogP contribution in [0.15, 0.2) is 11.6 Å². The molecule has 0 aromatic carbocycles. The molecule has 1 heteroatoms. The SMILES string of the molecule is CC=C1CC2CC1C1(CC1)C2=O. The summed E-state index contributed by atoms with van der Waals surface area (Å²) in [6.45, 7) is 2.12. The molecule has 2 unspecified atom stereocenters. The van der Waals surface area contributed by atoms with Crippen molar-refractivity contribution < 1.29 is 4.79 Å². The summed E-state index contributed by atoms with van der Waals surface area (Å²) in [7, 11) is 0. The van der Waals surface area contributed by atoms with Gasteiger partial charge < -0.3 is 0 Å². The van der Waals surface area contributed by atoms with Gasteiger partial charge in [0, 0.05) is 11.3 Å². The molecule has 0 saturated heterocycles. The number of carbonyl (C=O) groups excluding carboxylic acids is 1. The highest BCUT2D eigenvalue weighted by Gasteiger charge is 2.65. The Morgan fingerprint density at radius 3 is 2.75 bits per heavy atom. The second-order valence-corrected chi connectivity index (χ2v) is 4.57. The van der Waals surface area contributed by atoms with Crippen molar-refractivity contribution in [2.75, 3.05) is 0 Å². The first-order chi connectivity index (χ1) is 5.78. The highest BCUT2D eigenvalue weighted by atomic mass is 16.1. The molecule has 0 heterocycles. The maximum absolute atomic E-state index is 11.8. The highest BCUT2D eigenvalue weighted by molar-refractivity contribution is 5.94. The predicted molar refractivity (Wildman–Crippen MR) is 46.6 cm³/mol. The van der Waals surface area contributed by atoms with Crippen molar-refractivity contribution in [2.45, 2.75) is 32.6 Å². The summed E-state index contributed by atoms with van der Waals surface area (Å²) in [5.41, 5.74) is 1.77. The van der Waals surface area contributed by atoms with E-state index in [9.17, 15) is 4.79 Å². The number of fused-ring (bicyclic) bond motifs is 3. The van der Waals surface area contributed by atoms with Gasteiger partial charge in [-0.2, -0.15) is 0 Å². The summed E-state index contributed by atoms with van der Waals surface area (Å²) >= 11 is 0. The van der Waals surface area contributed by atoms with Crippen LogP contribution in [0, 0.1) is 17.3 Å². The zero-order valence-electron chi connectivity index (χ0n) is 7.47. The smallest absolute Gasteiger partial charge is 0.143 e. The molecule has 1 spiro atoms. The van der Waals surface area contributed by atoms with Crippen molar-refractivity contribution in [3.63, 3.8) is 0 Å². The van der Waals surface area contributed by atoms with Gasteiger partial charge in [0.2, 0.25) is 0 Å². The van der Waals surface area contributed by atoms with E-state index in [1.807, 2.05) is 0 Å². The average molecular weight is 162 g/mol. The van der Waals surface area contributed by atoms with E-state index in [1.54, 1.807) is 5.57 Å². The normalized spacial score (nSPS) is 44.8. The van der Waals surface area contributed by atoms with E-state index in [0.717, 1.165) is 6.42 Å². The van der Waals surface area contributed by atoms with Gasteiger partial charge in [0.25, 0.3) is 0 Å². The molecule has 12 heavy (non-hydrogen) atoms. The summed E-state index contributed by atoms with van der Waals surface area (Å²) in [6.07, 6.45) is 6.88. The molecule has 3 saturated carbocycles. The van der Waals surface area contributed by atoms with Gasteiger partial charge in [0.15, 0.2) is 0 Å². The first kappa shape index (κ1) is 6.88. The molecule has 0 aromatic heterocycles. The largest absolute Gasteiger partial charge is 0.299 e. The molecule has 3 aliphatic carbocycles. The molecule has 0 amide bonds. The quantitative estimate of drug-likeness (QED) is 0.499. The van der Waals surface area contributed by atoms with Crippen LogP contribution in [0.1, 0.15) is 32.6 Å². The third kappa shape index (κ3) is 0.562. The Balaban J connectivity index is 2.05. The van der Waals surface area contributed by atoms with Crippen molar-refractivity contribution in [3.05, 3.63) is 11.6 Å². The van der Waals surface area contributed by atoms with Gasteiger partial charge >= 0.3 is 0 Å². The Morgan fingerprint density at radius 2 is 2.25 bits per heavy atom. The molecule has 0 N–H and O–H groups in total. The number of allylic oxidation sites excluding steroid dienone is 2. The number of ketones is 1. The molecule has 1 nitrogen and oxygen atoms in total. The van der Waals surface area contributed by atoms with Crippen LogP contribution in [0.3, 0.4) is 0 Å². The molecular weight excluding hydrogens is 148 g/mol. The maximum atomic E-state index is 11.8. The van der Waals surface area contributed by atoms with E-state index in [1.165, 1.54) is 19.3 Å². The summed E-state index contributed by atoms with van der Waals surface area (Å²) in [5, 5.41) is 0. The zero-order valence-corrected chi connectivity index (χ0v) is 7.47. The molecule has 3 rings (SSSR count). The van der Waals surface area contributed by atoms with Gasteiger partial charge in [-0.15, -0.1) is 0 Å². The van der Waals surface area contributed by atoms with Gasteiger partial charge in [-0.05, 0) is 38.5 Å². The fraction of sp³-hybridized carbons (Fsp3) is 0.727. The Morgan fingerprint density at radius 1 is 1.50 bits per heavy atom. The topological polar surface area (TPSA) is 17.1 Å². The summed E-state index contributed by atoms with van der Waals surface area (Å²) < 4.78 is 0. The van der Waals surface area contributed by atoms with E-state index in [4.69, 9.17) is 0 Å². The lowest BCUT2D eigenvalue weighted by Crippen LogP contribution is -2.24. The molecule has 3 fully saturated rings. The van der Waals surface area contributed by atoms with Crippen molar-refractivity contribution in [3.8, 4) is 0 Å². The molecule has 0 radical (unpaired) electrons. The molecular formula is C11H14O. The van der Waals surface area contributed by atoms with Crippen LogP contribution in [0.4, 0.5) is 0 Å². The van der Waals surface area contributed by atoms with Gasteiger partial charge in [0.1, 0.15) is 5.78 Å². The standard InChI is InChI=1S/C11H14O/c1-2-7-5-8-6-9(7)11(3-4-11)10(8)12/h2,8-9H,3-6H2,1H3.